The van der Waals surface area contributed by atoms with Crippen LogP contribution in [-0.4, -0.2) is 24.7 Å². The van der Waals surface area contributed by atoms with Crippen molar-refractivity contribution in [2.24, 2.45) is 0 Å². The predicted molar refractivity (Wildman–Crippen MR) is 118 cm³/mol. The third-order valence-corrected chi connectivity index (χ3v) is 5.27. The minimum atomic E-state index is -0.234. The number of para-hydroxylation sites is 1. The van der Waals surface area contributed by atoms with E-state index in [0.29, 0.717) is 27.7 Å². The van der Waals surface area contributed by atoms with Gasteiger partial charge in [-0.2, -0.15) is 0 Å². The highest BCUT2D eigenvalue weighted by Gasteiger charge is 2.09. The van der Waals surface area contributed by atoms with Crippen molar-refractivity contribution in [2.45, 2.75) is 4.90 Å². The second-order valence-corrected chi connectivity index (χ2v) is 7.49. The number of amides is 2. The van der Waals surface area contributed by atoms with Crippen LogP contribution in [-0.2, 0) is 4.79 Å². The Hall–Kier alpha value is -2.96. The molecule has 0 spiro atoms. The highest BCUT2D eigenvalue weighted by atomic mass is 35.5. The maximum atomic E-state index is 12.4. The Morgan fingerprint density at radius 2 is 1.76 bits per heavy atom. The van der Waals surface area contributed by atoms with Crippen LogP contribution < -0.4 is 15.4 Å². The van der Waals surface area contributed by atoms with Crippen molar-refractivity contribution in [3.8, 4) is 5.75 Å². The van der Waals surface area contributed by atoms with E-state index in [1.54, 1.807) is 55.6 Å². The van der Waals surface area contributed by atoms with E-state index in [-0.39, 0.29) is 17.6 Å². The summed E-state index contributed by atoms with van der Waals surface area (Å²) in [5.41, 5.74) is 1.73. The molecule has 0 aliphatic rings. The molecular weight excluding hydrogens is 408 g/mol. The smallest absolute Gasteiger partial charge is 0.255 e. The van der Waals surface area contributed by atoms with Crippen LogP contribution in [0.2, 0.25) is 5.02 Å². The number of hydrogen-bond acceptors (Lipinski definition) is 4. The van der Waals surface area contributed by atoms with Crippen LogP contribution in [0.3, 0.4) is 0 Å². The lowest BCUT2D eigenvalue weighted by Gasteiger charge is -2.09. The molecule has 2 N–H and O–H groups in total. The van der Waals surface area contributed by atoms with Crippen molar-refractivity contribution < 1.29 is 14.3 Å². The molecule has 29 heavy (non-hydrogen) atoms. The second-order valence-electron chi connectivity index (χ2n) is 6.03. The lowest BCUT2D eigenvalue weighted by atomic mass is 10.2. The average molecular weight is 427 g/mol. The number of rotatable bonds is 7. The van der Waals surface area contributed by atoms with E-state index < -0.39 is 0 Å². The molecule has 3 aromatic carbocycles. The van der Waals surface area contributed by atoms with Crippen molar-refractivity contribution >= 4 is 46.6 Å². The monoisotopic (exact) mass is 426 g/mol. The molecule has 0 radical (unpaired) electrons. The maximum absolute atomic E-state index is 12.4. The van der Waals surface area contributed by atoms with Crippen molar-refractivity contribution in [3.63, 3.8) is 0 Å². The Bertz CT molecular complexity index is 1030. The minimum absolute atomic E-state index is 0.158. The van der Waals surface area contributed by atoms with Gasteiger partial charge in [-0.25, -0.2) is 0 Å². The van der Waals surface area contributed by atoms with Gasteiger partial charge in [0.15, 0.2) is 0 Å². The normalized spacial score (nSPS) is 10.3. The molecule has 0 atom stereocenters. The molecule has 0 aliphatic heterocycles. The maximum Gasteiger partial charge on any atom is 0.255 e. The van der Waals surface area contributed by atoms with Crippen LogP contribution in [0.4, 0.5) is 11.4 Å². The highest BCUT2D eigenvalue weighted by Crippen LogP contribution is 2.24. The van der Waals surface area contributed by atoms with E-state index in [9.17, 15) is 9.59 Å². The van der Waals surface area contributed by atoms with Crippen LogP contribution >= 0.6 is 23.4 Å². The van der Waals surface area contributed by atoms with Crippen LogP contribution in [0, 0.1) is 0 Å². The van der Waals surface area contributed by atoms with Gasteiger partial charge >= 0.3 is 0 Å². The molecule has 0 aliphatic carbocycles. The molecule has 3 aromatic rings. The number of carbonyl (C=O) groups excluding carboxylic acids is 2. The van der Waals surface area contributed by atoms with Crippen molar-refractivity contribution in [1.29, 1.82) is 0 Å². The molecule has 0 aromatic heterocycles. The number of carbonyl (C=O) groups is 2. The van der Waals surface area contributed by atoms with Gasteiger partial charge in [0.1, 0.15) is 5.75 Å². The number of halogens is 1. The summed E-state index contributed by atoms with van der Waals surface area (Å²) in [5, 5.41) is 6.14. The van der Waals surface area contributed by atoms with Gasteiger partial charge in [-0.05, 0) is 48.5 Å². The lowest BCUT2D eigenvalue weighted by Crippen LogP contribution is -2.14. The van der Waals surface area contributed by atoms with Gasteiger partial charge < -0.3 is 15.4 Å². The first-order valence-corrected chi connectivity index (χ1v) is 10.1. The zero-order valence-corrected chi connectivity index (χ0v) is 17.2. The third kappa shape index (κ3) is 6.01. The standard InChI is InChI=1S/C22H19ClN2O3S/c1-28-17-8-4-6-15(12-17)22(27)24-16-7-5-9-18(13-16)29-14-21(26)25-20-11-3-2-10-19(20)23/h2-13H,14H2,1H3,(H,24,27)(H,25,26). The highest BCUT2D eigenvalue weighted by molar-refractivity contribution is 8.00. The van der Waals surface area contributed by atoms with Crippen molar-refractivity contribution in [3.05, 3.63) is 83.4 Å². The molecule has 0 heterocycles. The first kappa shape index (κ1) is 20.8. The summed E-state index contributed by atoms with van der Waals surface area (Å²) in [6, 6.07) is 21.4. The molecule has 5 nitrogen and oxygen atoms in total. The summed E-state index contributed by atoms with van der Waals surface area (Å²) >= 11 is 7.43. The number of ether oxygens (including phenoxy) is 1. The number of anilines is 2. The topological polar surface area (TPSA) is 67.4 Å². The van der Waals surface area contributed by atoms with Crippen LogP contribution in [0.5, 0.6) is 5.75 Å². The fourth-order valence-corrected chi connectivity index (χ4v) is 3.47. The molecule has 0 bridgehead atoms. The molecular formula is C22H19ClN2O3S. The predicted octanol–water partition coefficient (Wildman–Crippen LogP) is 5.33. The third-order valence-electron chi connectivity index (χ3n) is 3.94. The summed E-state index contributed by atoms with van der Waals surface area (Å²) < 4.78 is 5.15. The van der Waals surface area contributed by atoms with Gasteiger partial charge in [0.2, 0.25) is 5.91 Å². The van der Waals surface area contributed by atoms with E-state index in [2.05, 4.69) is 10.6 Å². The zero-order valence-electron chi connectivity index (χ0n) is 15.6. The Kier molecular flexibility index (Phi) is 7.16. The van der Waals surface area contributed by atoms with Crippen LogP contribution in [0.1, 0.15) is 10.4 Å². The quantitative estimate of drug-likeness (QED) is 0.501. The van der Waals surface area contributed by atoms with Gasteiger partial charge in [0, 0.05) is 16.1 Å². The fraction of sp³-hybridized carbons (Fsp3) is 0.0909. The summed E-state index contributed by atoms with van der Waals surface area (Å²) in [4.78, 5) is 25.5. The number of methoxy groups -OCH3 is 1. The molecule has 0 unspecified atom stereocenters. The number of thioether (sulfide) groups is 1. The van der Waals surface area contributed by atoms with E-state index in [4.69, 9.17) is 16.3 Å². The van der Waals surface area contributed by atoms with Gasteiger partial charge in [-0.3, -0.25) is 9.59 Å². The first-order chi connectivity index (χ1) is 14.0. The van der Waals surface area contributed by atoms with Crippen molar-refractivity contribution in [2.75, 3.05) is 23.5 Å². The second kappa shape index (κ2) is 10.0. The van der Waals surface area contributed by atoms with Gasteiger partial charge in [0.25, 0.3) is 5.91 Å². The van der Waals surface area contributed by atoms with Gasteiger partial charge in [0.05, 0.1) is 23.6 Å². The Morgan fingerprint density at radius 1 is 0.966 bits per heavy atom. The Morgan fingerprint density at radius 3 is 2.55 bits per heavy atom. The van der Waals surface area contributed by atoms with E-state index in [1.807, 2.05) is 24.3 Å². The van der Waals surface area contributed by atoms with E-state index in [0.717, 1.165) is 4.90 Å². The number of hydrogen-bond donors (Lipinski definition) is 2. The first-order valence-electron chi connectivity index (χ1n) is 8.78. The Balaban J connectivity index is 1.58. The zero-order chi connectivity index (χ0) is 20.6. The number of benzene rings is 3. The average Bonchev–Trinajstić information content (AvgIpc) is 2.74. The summed E-state index contributed by atoms with van der Waals surface area (Å²) in [7, 11) is 1.56. The van der Waals surface area contributed by atoms with E-state index in [1.165, 1.54) is 11.8 Å². The Labute approximate surface area is 178 Å². The van der Waals surface area contributed by atoms with Crippen LogP contribution in [0.25, 0.3) is 0 Å². The number of nitrogens with one attached hydrogen (secondary N) is 2. The molecule has 0 fully saturated rings. The molecule has 0 saturated heterocycles. The van der Waals surface area contributed by atoms with Gasteiger partial charge in [-0.15, -0.1) is 11.8 Å². The lowest BCUT2D eigenvalue weighted by molar-refractivity contribution is -0.113. The SMILES string of the molecule is COc1cccc(C(=O)Nc2cccc(SCC(=O)Nc3ccccc3Cl)c2)c1. The largest absolute Gasteiger partial charge is 0.497 e. The van der Waals surface area contributed by atoms with Gasteiger partial charge in [-0.1, -0.05) is 35.9 Å². The minimum Gasteiger partial charge on any atom is -0.497 e. The molecule has 3 rings (SSSR count). The summed E-state index contributed by atoms with van der Waals surface area (Å²) in [6.07, 6.45) is 0. The molecule has 2 amide bonds. The molecule has 148 valence electrons. The molecule has 0 saturated carbocycles. The summed E-state index contributed by atoms with van der Waals surface area (Å²) in [6.45, 7) is 0. The van der Waals surface area contributed by atoms with E-state index >= 15 is 0 Å². The van der Waals surface area contributed by atoms with Crippen LogP contribution in [0.15, 0.2) is 77.7 Å². The summed E-state index contributed by atoms with van der Waals surface area (Å²) in [5.74, 6) is 0.446. The van der Waals surface area contributed by atoms with Crippen molar-refractivity contribution in [1.82, 2.24) is 0 Å². The molecule has 7 heteroatoms. The fourth-order valence-electron chi connectivity index (χ4n) is 2.53.